The van der Waals surface area contributed by atoms with Crippen LogP contribution in [0, 0.1) is 17.8 Å². The molecule has 0 aromatic heterocycles. The highest BCUT2D eigenvalue weighted by atomic mass is 16.5. The average Bonchev–Trinajstić information content (AvgIpc) is 3.65. The summed E-state index contributed by atoms with van der Waals surface area (Å²) >= 11 is 0. The maximum Gasteiger partial charge on any atom is 0.245 e. The van der Waals surface area contributed by atoms with Crippen LogP contribution in [-0.4, -0.2) is 128 Å². The van der Waals surface area contributed by atoms with Crippen molar-refractivity contribution >= 4 is 29.5 Å². The van der Waals surface area contributed by atoms with Gasteiger partial charge in [0.1, 0.15) is 12.1 Å². The first-order valence-electron chi connectivity index (χ1n) is 20.6. The van der Waals surface area contributed by atoms with Crippen LogP contribution in [0.5, 0.6) is 0 Å². The van der Waals surface area contributed by atoms with Crippen LogP contribution in [0.25, 0.3) is 10.4 Å². The van der Waals surface area contributed by atoms with Crippen molar-refractivity contribution < 1.29 is 33.4 Å². The van der Waals surface area contributed by atoms with Gasteiger partial charge in [0.2, 0.25) is 29.5 Å². The van der Waals surface area contributed by atoms with E-state index in [0.717, 1.165) is 5.56 Å². The van der Waals surface area contributed by atoms with Crippen molar-refractivity contribution in [1.82, 2.24) is 31.1 Å². The van der Waals surface area contributed by atoms with E-state index in [1.54, 1.807) is 32.8 Å². The number of hydrogen-bond acceptors (Lipinski definition) is 9. The lowest BCUT2D eigenvalue weighted by Gasteiger charge is -2.41. The number of carbonyl (C=O) groups is 5. The molecule has 1 saturated heterocycles. The van der Waals surface area contributed by atoms with Crippen molar-refractivity contribution in [2.24, 2.45) is 22.9 Å². The van der Waals surface area contributed by atoms with Gasteiger partial charge in [0.25, 0.3) is 0 Å². The lowest BCUT2D eigenvalue weighted by atomic mass is 9.89. The van der Waals surface area contributed by atoms with E-state index in [1.807, 2.05) is 78.8 Å². The first kappa shape index (κ1) is 49.9. The number of nitrogens with one attached hydrogen (secondary N) is 4. The summed E-state index contributed by atoms with van der Waals surface area (Å²) in [5, 5.41) is 15.5. The fraction of sp³-hybridized carbons (Fsp3) is 0.738. The molecule has 1 aromatic rings. The molecule has 2 rings (SSSR count). The minimum Gasteiger partial charge on any atom is -0.379 e. The van der Waals surface area contributed by atoms with Crippen LogP contribution in [0.4, 0.5) is 0 Å². The van der Waals surface area contributed by atoms with E-state index < -0.39 is 71.7 Å². The molecule has 0 aliphatic carbocycles. The van der Waals surface area contributed by atoms with Gasteiger partial charge in [0, 0.05) is 44.7 Å². The predicted molar refractivity (Wildman–Crippen MR) is 224 cm³/mol. The number of likely N-dealkylation sites (tertiary alicyclic amines) is 1. The number of likely N-dealkylation sites (N-methyl/N-ethyl adjacent to an activating group) is 2. The molecule has 1 aromatic carbocycles. The van der Waals surface area contributed by atoms with E-state index in [1.165, 1.54) is 19.1 Å². The molecular weight excluding hydrogens is 743 g/mol. The van der Waals surface area contributed by atoms with E-state index in [9.17, 15) is 29.5 Å². The second-order valence-electron chi connectivity index (χ2n) is 17.0. The Morgan fingerprint density at radius 1 is 0.966 bits per heavy atom. The monoisotopic (exact) mass is 814 g/mol. The predicted octanol–water partition coefficient (Wildman–Crippen LogP) is 3.98. The van der Waals surface area contributed by atoms with E-state index >= 15 is 0 Å². The van der Waals surface area contributed by atoms with Gasteiger partial charge < -0.3 is 40.5 Å². The molecule has 4 N–H and O–H groups in total. The maximum absolute atomic E-state index is 14.3. The van der Waals surface area contributed by atoms with Gasteiger partial charge in [0.15, 0.2) is 0 Å². The van der Waals surface area contributed by atoms with Gasteiger partial charge in [-0.25, -0.2) is 0 Å². The number of hydrogen-bond donors (Lipinski definition) is 4. The number of ether oxygens (including phenoxy) is 2. The number of carbonyl (C=O) groups excluding carboxylic acids is 5. The molecule has 0 saturated carbocycles. The largest absolute Gasteiger partial charge is 0.379 e. The van der Waals surface area contributed by atoms with Crippen LogP contribution in [0.1, 0.15) is 93.6 Å². The quantitative estimate of drug-likeness (QED) is 0.0764. The molecule has 0 bridgehead atoms. The SMILES string of the molecule is CCC(C)C(C(CC(=O)N1CCC[C@H]1C(OC)C(C)C(=O)NC(Cc1ccccc1)C(=O)NC(C)(C)C)OC)N(C)C(=O)C(NC(=O)C(NC)C(C)C)C(C)N=[N+]=[N-]. The van der Waals surface area contributed by atoms with Crippen LogP contribution in [0.3, 0.4) is 0 Å². The number of nitrogens with zero attached hydrogens (tertiary/aromatic N) is 5. The third kappa shape index (κ3) is 14.0. The standard InChI is InChI=1S/C42H71N9O7/c1-14-26(4)36(50(11)41(56)35(28(6)48-49-43)46-40(55)34(44-10)25(2)3)32(57-12)24-33(52)51-22-18-21-31(51)37(58-13)27(5)38(53)45-30(39(54)47-42(7,8)9)23-29-19-16-15-17-20-29/h15-17,19-20,25-28,30-32,34-37,44H,14,18,21-24H2,1-13H3,(H,45,53)(H,46,55)(H,47,54)/t26?,27?,28?,30?,31-,32?,34?,35?,36?,37?/m0/s1. The van der Waals surface area contributed by atoms with E-state index in [0.29, 0.717) is 32.2 Å². The fourth-order valence-electron chi connectivity index (χ4n) is 7.89. The summed E-state index contributed by atoms with van der Waals surface area (Å²) in [4.78, 5) is 75.4. The number of benzene rings is 1. The van der Waals surface area contributed by atoms with Gasteiger partial charge >= 0.3 is 0 Å². The number of azide groups is 1. The Bertz CT molecular complexity index is 1550. The molecule has 0 radical (unpaired) electrons. The molecule has 326 valence electrons. The Kier molecular flexibility index (Phi) is 20.1. The van der Waals surface area contributed by atoms with E-state index in [4.69, 9.17) is 9.47 Å². The Morgan fingerprint density at radius 3 is 2.12 bits per heavy atom. The average molecular weight is 814 g/mol. The zero-order valence-corrected chi connectivity index (χ0v) is 37.1. The van der Waals surface area contributed by atoms with Crippen molar-refractivity contribution in [3.05, 3.63) is 46.3 Å². The lowest BCUT2D eigenvalue weighted by molar-refractivity contribution is -0.147. The highest BCUT2D eigenvalue weighted by molar-refractivity contribution is 5.91. The first-order chi connectivity index (χ1) is 27.3. The molecule has 58 heavy (non-hydrogen) atoms. The third-order valence-electron chi connectivity index (χ3n) is 11.2. The van der Waals surface area contributed by atoms with Crippen LogP contribution >= 0.6 is 0 Å². The van der Waals surface area contributed by atoms with Crippen LogP contribution in [0.2, 0.25) is 0 Å². The molecular formula is C42H71N9O7. The summed E-state index contributed by atoms with van der Waals surface area (Å²) in [6, 6.07) is 4.95. The van der Waals surface area contributed by atoms with Gasteiger partial charge in [-0.05, 0) is 63.6 Å². The number of amides is 5. The number of methoxy groups -OCH3 is 2. The second-order valence-corrected chi connectivity index (χ2v) is 17.0. The van der Waals surface area contributed by atoms with Crippen LogP contribution < -0.4 is 21.3 Å². The first-order valence-corrected chi connectivity index (χ1v) is 20.6. The van der Waals surface area contributed by atoms with Crippen molar-refractivity contribution in [3.63, 3.8) is 0 Å². The molecule has 9 unspecified atom stereocenters. The molecule has 1 aliphatic rings. The zero-order chi connectivity index (χ0) is 43.9. The summed E-state index contributed by atoms with van der Waals surface area (Å²) in [5.74, 6) is -2.70. The van der Waals surface area contributed by atoms with Gasteiger partial charge in [0.05, 0.1) is 48.7 Å². The van der Waals surface area contributed by atoms with E-state index in [-0.39, 0.29) is 36.0 Å². The van der Waals surface area contributed by atoms with Crippen molar-refractivity contribution in [1.29, 1.82) is 0 Å². The summed E-state index contributed by atoms with van der Waals surface area (Å²) in [5.41, 5.74) is 9.63. The smallest absolute Gasteiger partial charge is 0.245 e. The Balaban J connectivity index is 2.35. The van der Waals surface area contributed by atoms with Crippen molar-refractivity contribution in [2.75, 3.05) is 34.9 Å². The summed E-state index contributed by atoms with van der Waals surface area (Å²) in [6.45, 7) is 17.1. The molecule has 16 heteroatoms. The van der Waals surface area contributed by atoms with E-state index in [2.05, 4.69) is 31.3 Å². The second kappa shape index (κ2) is 23.4. The molecule has 16 nitrogen and oxygen atoms in total. The van der Waals surface area contributed by atoms with Crippen molar-refractivity contribution in [2.45, 2.75) is 148 Å². The molecule has 1 fully saturated rings. The topological polar surface area (TPSA) is 207 Å². The summed E-state index contributed by atoms with van der Waals surface area (Å²) < 4.78 is 12.0. The fourth-order valence-corrected chi connectivity index (χ4v) is 7.89. The molecule has 10 atom stereocenters. The van der Waals surface area contributed by atoms with Gasteiger partial charge in [-0.3, -0.25) is 24.0 Å². The van der Waals surface area contributed by atoms with Gasteiger partial charge in [-0.1, -0.05) is 83.4 Å². The van der Waals surface area contributed by atoms with Crippen LogP contribution in [0.15, 0.2) is 35.4 Å². The minimum absolute atomic E-state index is 0.0686. The third-order valence-corrected chi connectivity index (χ3v) is 11.2. The van der Waals surface area contributed by atoms with Crippen molar-refractivity contribution in [3.8, 4) is 0 Å². The zero-order valence-electron chi connectivity index (χ0n) is 37.1. The molecule has 1 aliphatic heterocycles. The number of rotatable bonds is 22. The Morgan fingerprint density at radius 2 is 1.60 bits per heavy atom. The summed E-state index contributed by atoms with van der Waals surface area (Å²) in [7, 11) is 6.30. The highest BCUT2D eigenvalue weighted by Crippen LogP contribution is 2.30. The van der Waals surface area contributed by atoms with Gasteiger partial charge in [-0.15, -0.1) is 0 Å². The summed E-state index contributed by atoms with van der Waals surface area (Å²) in [6.07, 6.45) is 0.760. The normalized spacial score (nSPS) is 19.0. The molecule has 5 amide bonds. The molecule has 0 spiro atoms. The Labute approximate surface area is 345 Å². The van der Waals surface area contributed by atoms with Crippen LogP contribution in [-0.2, 0) is 39.9 Å². The Hall–Kier alpha value is -4.24. The van der Waals surface area contributed by atoms with Gasteiger partial charge in [-0.2, -0.15) is 0 Å². The highest BCUT2D eigenvalue weighted by Gasteiger charge is 2.43. The lowest BCUT2D eigenvalue weighted by Crippen LogP contribution is -2.60. The maximum atomic E-state index is 14.3. The molecule has 1 heterocycles. The minimum atomic E-state index is -1.17.